The molecule has 2 N–H and O–H groups in total. The molecule has 1 saturated heterocycles. The third-order valence-electron chi connectivity index (χ3n) is 3.37. The lowest BCUT2D eigenvalue weighted by Gasteiger charge is -2.19. The maximum absolute atomic E-state index is 11.9. The van der Waals surface area contributed by atoms with Crippen LogP contribution in [0.1, 0.15) is 25.7 Å². The van der Waals surface area contributed by atoms with Gasteiger partial charge in [-0.3, -0.25) is 9.59 Å². The summed E-state index contributed by atoms with van der Waals surface area (Å²) in [5.41, 5.74) is 1.52. The molecule has 1 fully saturated rings. The smallest absolute Gasteiger partial charge is 0.227 e. The number of anilines is 2. The fourth-order valence-corrected chi connectivity index (χ4v) is 2.36. The van der Waals surface area contributed by atoms with Gasteiger partial charge in [-0.15, -0.1) is 12.4 Å². The normalized spacial score (nSPS) is 14.0. The van der Waals surface area contributed by atoms with Gasteiger partial charge in [0, 0.05) is 19.4 Å². The van der Waals surface area contributed by atoms with Crippen molar-refractivity contribution in [3.63, 3.8) is 0 Å². The molecule has 0 saturated carbocycles. The second-order valence-electron chi connectivity index (χ2n) is 4.92. The minimum absolute atomic E-state index is 0. The summed E-state index contributed by atoms with van der Waals surface area (Å²) in [5.74, 6) is 0.112. The van der Waals surface area contributed by atoms with Gasteiger partial charge in [0.2, 0.25) is 11.8 Å². The van der Waals surface area contributed by atoms with Gasteiger partial charge in [-0.05, 0) is 38.6 Å². The summed E-state index contributed by atoms with van der Waals surface area (Å²) in [4.78, 5) is 25.5. The number of hydrogen-bond acceptors (Lipinski definition) is 3. The van der Waals surface area contributed by atoms with Gasteiger partial charge in [0.25, 0.3) is 0 Å². The molecule has 1 aliphatic heterocycles. The van der Waals surface area contributed by atoms with Crippen LogP contribution in [-0.4, -0.2) is 32.0 Å². The molecule has 21 heavy (non-hydrogen) atoms. The first kappa shape index (κ1) is 17.5. The van der Waals surface area contributed by atoms with E-state index in [9.17, 15) is 9.59 Å². The second-order valence-corrected chi connectivity index (χ2v) is 4.92. The van der Waals surface area contributed by atoms with E-state index >= 15 is 0 Å². The van der Waals surface area contributed by atoms with Crippen LogP contribution in [-0.2, 0) is 9.59 Å². The fourth-order valence-electron chi connectivity index (χ4n) is 2.36. The van der Waals surface area contributed by atoms with Gasteiger partial charge in [0.05, 0.1) is 11.4 Å². The highest BCUT2D eigenvalue weighted by Crippen LogP contribution is 2.29. The molecule has 0 spiro atoms. The summed E-state index contributed by atoms with van der Waals surface area (Å²) < 4.78 is 0. The Morgan fingerprint density at radius 3 is 2.76 bits per heavy atom. The molecule has 1 aromatic carbocycles. The predicted octanol–water partition coefficient (Wildman–Crippen LogP) is 2.17. The summed E-state index contributed by atoms with van der Waals surface area (Å²) in [6.45, 7) is 1.55. The fraction of sp³-hybridized carbons (Fsp3) is 0.467. The molecule has 0 atom stereocenters. The second kappa shape index (κ2) is 8.64. The number of carbonyl (C=O) groups excluding carboxylic acids is 2. The van der Waals surface area contributed by atoms with E-state index in [2.05, 4.69) is 10.6 Å². The van der Waals surface area contributed by atoms with E-state index in [1.807, 2.05) is 31.3 Å². The van der Waals surface area contributed by atoms with Crippen LogP contribution >= 0.6 is 12.4 Å². The lowest BCUT2D eigenvalue weighted by Crippen LogP contribution is -2.25. The van der Waals surface area contributed by atoms with Crippen molar-refractivity contribution in [1.29, 1.82) is 0 Å². The van der Waals surface area contributed by atoms with E-state index in [1.54, 1.807) is 4.90 Å². The molecule has 0 bridgehead atoms. The van der Waals surface area contributed by atoms with Crippen molar-refractivity contribution in [2.24, 2.45) is 0 Å². The van der Waals surface area contributed by atoms with E-state index in [4.69, 9.17) is 0 Å². The number of carbonyl (C=O) groups is 2. The average Bonchev–Trinajstić information content (AvgIpc) is 2.86. The zero-order chi connectivity index (χ0) is 14.4. The van der Waals surface area contributed by atoms with Gasteiger partial charge in [-0.1, -0.05) is 12.1 Å². The molecule has 2 rings (SSSR count). The molecule has 0 unspecified atom stereocenters. The molecule has 1 aromatic rings. The van der Waals surface area contributed by atoms with E-state index in [1.165, 1.54) is 0 Å². The zero-order valence-electron chi connectivity index (χ0n) is 12.2. The zero-order valence-corrected chi connectivity index (χ0v) is 13.0. The maximum atomic E-state index is 11.9. The first-order chi connectivity index (χ1) is 9.72. The van der Waals surface area contributed by atoms with E-state index in [0.717, 1.165) is 37.3 Å². The van der Waals surface area contributed by atoms with Gasteiger partial charge in [0.15, 0.2) is 0 Å². The number of para-hydroxylation sites is 2. The minimum atomic E-state index is -0.0145. The van der Waals surface area contributed by atoms with Crippen molar-refractivity contribution in [3.05, 3.63) is 24.3 Å². The molecule has 0 aromatic heterocycles. The molecule has 1 aliphatic rings. The Kier molecular flexibility index (Phi) is 7.19. The van der Waals surface area contributed by atoms with Crippen LogP contribution in [0.2, 0.25) is 0 Å². The Balaban J connectivity index is 0.00000220. The first-order valence-corrected chi connectivity index (χ1v) is 7.06. The standard InChI is InChI=1S/C15H21N3O2.ClH/c1-16-10-4-8-14(19)17-12-6-2-3-7-13(12)18-11-5-9-15(18)20;/h2-3,6-7,16H,4-5,8-11H2,1H3,(H,17,19);1H. The topological polar surface area (TPSA) is 61.4 Å². The third-order valence-corrected chi connectivity index (χ3v) is 3.37. The lowest BCUT2D eigenvalue weighted by atomic mass is 10.2. The van der Waals surface area contributed by atoms with Gasteiger partial charge in [-0.2, -0.15) is 0 Å². The highest BCUT2D eigenvalue weighted by Gasteiger charge is 2.23. The molecule has 1 heterocycles. The molecule has 0 radical (unpaired) electrons. The molecule has 116 valence electrons. The van der Waals surface area contributed by atoms with E-state index in [-0.39, 0.29) is 24.2 Å². The van der Waals surface area contributed by atoms with Crippen LogP contribution in [0, 0.1) is 0 Å². The van der Waals surface area contributed by atoms with Crippen LogP contribution < -0.4 is 15.5 Å². The summed E-state index contributed by atoms with van der Waals surface area (Å²) in [5, 5.41) is 5.92. The first-order valence-electron chi connectivity index (χ1n) is 7.06. The summed E-state index contributed by atoms with van der Waals surface area (Å²) in [6.07, 6.45) is 2.74. The van der Waals surface area contributed by atoms with Crippen molar-refractivity contribution in [2.75, 3.05) is 30.4 Å². The molecule has 2 amide bonds. The van der Waals surface area contributed by atoms with Crippen LogP contribution in [0.5, 0.6) is 0 Å². The van der Waals surface area contributed by atoms with Crippen LogP contribution in [0.4, 0.5) is 11.4 Å². The Morgan fingerprint density at radius 2 is 2.10 bits per heavy atom. The van der Waals surface area contributed by atoms with Crippen molar-refractivity contribution in [1.82, 2.24) is 5.32 Å². The quantitative estimate of drug-likeness (QED) is 0.792. The van der Waals surface area contributed by atoms with E-state index in [0.29, 0.717) is 12.8 Å². The molecular formula is C15H22ClN3O2. The van der Waals surface area contributed by atoms with Crippen LogP contribution in [0.3, 0.4) is 0 Å². The number of hydrogen-bond donors (Lipinski definition) is 2. The summed E-state index contributed by atoms with van der Waals surface area (Å²) >= 11 is 0. The molecular weight excluding hydrogens is 290 g/mol. The Hall–Kier alpha value is -1.59. The highest BCUT2D eigenvalue weighted by atomic mass is 35.5. The van der Waals surface area contributed by atoms with Crippen molar-refractivity contribution >= 4 is 35.6 Å². The average molecular weight is 312 g/mol. The number of amides is 2. The summed E-state index contributed by atoms with van der Waals surface area (Å²) in [7, 11) is 1.87. The Morgan fingerprint density at radius 1 is 1.33 bits per heavy atom. The largest absolute Gasteiger partial charge is 0.324 e. The monoisotopic (exact) mass is 311 g/mol. The molecule has 6 heteroatoms. The maximum Gasteiger partial charge on any atom is 0.227 e. The van der Waals surface area contributed by atoms with Gasteiger partial charge in [-0.25, -0.2) is 0 Å². The Labute approximate surface area is 131 Å². The Bertz CT molecular complexity index is 494. The summed E-state index contributed by atoms with van der Waals surface area (Å²) in [6, 6.07) is 7.48. The van der Waals surface area contributed by atoms with Crippen LogP contribution in [0.15, 0.2) is 24.3 Å². The van der Waals surface area contributed by atoms with Crippen LogP contribution in [0.25, 0.3) is 0 Å². The number of nitrogens with zero attached hydrogens (tertiary/aromatic N) is 1. The lowest BCUT2D eigenvalue weighted by molar-refractivity contribution is -0.117. The number of benzene rings is 1. The van der Waals surface area contributed by atoms with Crippen molar-refractivity contribution < 1.29 is 9.59 Å². The van der Waals surface area contributed by atoms with Gasteiger partial charge >= 0.3 is 0 Å². The predicted molar refractivity (Wildman–Crippen MR) is 87.1 cm³/mol. The number of nitrogens with one attached hydrogen (secondary N) is 2. The number of rotatable bonds is 6. The van der Waals surface area contributed by atoms with Gasteiger partial charge < -0.3 is 15.5 Å². The van der Waals surface area contributed by atoms with Crippen molar-refractivity contribution in [3.8, 4) is 0 Å². The third kappa shape index (κ3) is 4.72. The molecule has 0 aliphatic carbocycles. The van der Waals surface area contributed by atoms with E-state index < -0.39 is 0 Å². The SMILES string of the molecule is CNCCCC(=O)Nc1ccccc1N1CCCC1=O.Cl. The number of halogens is 1. The minimum Gasteiger partial charge on any atom is -0.324 e. The highest BCUT2D eigenvalue weighted by molar-refractivity contribution is 6.02. The van der Waals surface area contributed by atoms with Gasteiger partial charge in [0.1, 0.15) is 0 Å². The molecule has 5 nitrogen and oxygen atoms in total. The van der Waals surface area contributed by atoms with Crippen molar-refractivity contribution in [2.45, 2.75) is 25.7 Å².